The summed E-state index contributed by atoms with van der Waals surface area (Å²) in [5, 5.41) is 8.20. The summed E-state index contributed by atoms with van der Waals surface area (Å²) in [5.74, 6) is 7.60. The number of amides is 1. The van der Waals surface area contributed by atoms with Gasteiger partial charge in [-0.25, -0.2) is 9.67 Å². The summed E-state index contributed by atoms with van der Waals surface area (Å²) in [4.78, 5) is 17.9. The van der Waals surface area contributed by atoms with E-state index in [-0.39, 0.29) is 18.6 Å². The van der Waals surface area contributed by atoms with E-state index >= 15 is 0 Å². The van der Waals surface area contributed by atoms with Crippen molar-refractivity contribution in [3.63, 3.8) is 0 Å². The van der Waals surface area contributed by atoms with E-state index in [1.165, 1.54) is 22.4 Å². The lowest BCUT2D eigenvalue weighted by Gasteiger charge is -2.09. The van der Waals surface area contributed by atoms with Crippen LogP contribution >= 0.6 is 0 Å². The summed E-state index contributed by atoms with van der Waals surface area (Å²) in [6.45, 7) is 0.143. The van der Waals surface area contributed by atoms with Crippen LogP contribution in [0.1, 0.15) is 31.2 Å². The Morgan fingerprint density at radius 1 is 1.35 bits per heavy atom. The van der Waals surface area contributed by atoms with E-state index < -0.39 is 0 Å². The normalized spacial score (nSPS) is 15.9. The van der Waals surface area contributed by atoms with Gasteiger partial charge in [-0.2, -0.15) is 0 Å². The first-order valence-electron chi connectivity index (χ1n) is 8.87. The standard InChI is InChI=1S/C19H21N5O2/c1-23(2)18(25)12-24-11-16(21-22-24)19-17(26-15-7-8-15)9-14(10-20-19)6-5-13-3-4-13/h9-11,13,15H,3-4,7-8,12H2,1-2H3. The molecular weight excluding hydrogens is 330 g/mol. The molecule has 2 aromatic heterocycles. The average molecular weight is 351 g/mol. The van der Waals surface area contributed by atoms with Crippen molar-refractivity contribution >= 4 is 5.91 Å². The predicted molar refractivity (Wildman–Crippen MR) is 95.2 cm³/mol. The lowest BCUT2D eigenvalue weighted by atomic mass is 10.2. The van der Waals surface area contributed by atoms with Crippen molar-refractivity contribution in [3.8, 4) is 29.0 Å². The van der Waals surface area contributed by atoms with Gasteiger partial charge in [-0.05, 0) is 31.7 Å². The molecule has 0 saturated heterocycles. The fourth-order valence-corrected chi connectivity index (χ4v) is 2.34. The van der Waals surface area contributed by atoms with Gasteiger partial charge >= 0.3 is 0 Å². The van der Waals surface area contributed by atoms with Crippen LogP contribution in [0.25, 0.3) is 11.4 Å². The summed E-state index contributed by atoms with van der Waals surface area (Å²) >= 11 is 0. The van der Waals surface area contributed by atoms with Gasteiger partial charge in [0.25, 0.3) is 0 Å². The number of likely N-dealkylation sites (N-methyl/N-ethyl adjacent to an activating group) is 1. The van der Waals surface area contributed by atoms with Gasteiger partial charge in [-0.15, -0.1) is 5.10 Å². The minimum Gasteiger partial charge on any atom is -0.488 e. The second-order valence-electron chi connectivity index (χ2n) is 7.02. The van der Waals surface area contributed by atoms with Crippen LogP contribution in [-0.4, -0.2) is 51.0 Å². The average Bonchev–Trinajstić information content (AvgIpc) is 3.54. The number of ether oxygens (including phenoxy) is 1. The number of hydrogen-bond donors (Lipinski definition) is 0. The third-order valence-corrected chi connectivity index (χ3v) is 4.25. The molecule has 134 valence electrons. The van der Waals surface area contributed by atoms with E-state index in [1.54, 1.807) is 26.5 Å². The van der Waals surface area contributed by atoms with Crippen LogP contribution in [0.2, 0.25) is 0 Å². The molecule has 0 aliphatic heterocycles. The SMILES string of the molecule is CN(C)C(=O)Cn1cc(-c2ncc(C#CC3CC3)cc2OC2CC2)nn1. The number of hydrogen-bond acceptors (Lipinski definition) is 5. The number of carbonyl (C=O) groups is 1. The molecule has 2 aromatic rings. The molecule has 2 saturated carbocycles. The highest BCUT2D eigenvalue weighted by molar-refractivity contribution is 5.75. The van der Waals surface area contributed by atoms with Gasteiger partial charge in [0.15, 0.2) is 0 Å². The van der Waals surface area contributed by atoms with E-state index in [2.05, 4.69) is 27.1 Å². The van der Waals surface area contributed by atoms with Crippen molar-refractivity contribution in [2.75, 3.05) is 14.1 Å². The Balaban J connectivity index is 1.59. The molecule has 0 aromatic carbocycles. The lowest BCUT2D eigenvalue weighted by molar-refractivity contribution is -0.129. The first-order valence-corrected chi connectivity index (χ1v) is 8.87. The van der Waals surface area contributed by atoms with Gasteiger partial charge in [0.2, 0.25) is 5.91 Å². The maximum atomic E-state index is 11.8. The number of aromatic nitrogens is 4. The second-order valence-corrected chi connectivity index (χ2v) is 7.02. The fourth-order valence-electron chi connectivity index (χ4n) is 2.34. The Bertz CT molecular complexity index is 885. The summed E-state index contributed by atoms with van der Waals surface area (Å²) in [6, 6.07) is 1.93. The first-order chi connectivity index (χ1) is 12.6. The zero-order valence-corrected chi connectivity index (χ0v) is 15.0. The molecule has 2 heterocycles. The van der Waals surface area contributed by atoms with Gasteiger partial charge in [0, 0.05) is 31.8 Å². The Labute approximate surface area is 152 Å². The summed E-state index contributed by atoms with van der Waals surface area (Å²) in [5.41, 5.74) is 2.08. The maximum absolute atomic E-state index is 11.8. The van der Waals surface area contributed by atoms with Crippen molar-refractivity contribution in [2.24, 2.45) is 5.92 Å². The molecule has 2 aliphatic rings. The topological polar surface area (TPSA) is 73.1 Å². The third kappa shape index (κ3) is 4.02. The first kappa shape index (κ1) is 16.6. The molecule has 0 radical (unpaired) electrons. The lowest BCUT2D eigenvalue weighted by Crippen LogP contribution is -2.26. The van der Waals surface area contributed by atoms with Crippen LogP contribution in [0.3, 0.4) is 0 Å². The molecule has 4 rings (SSSR count). The number of pyridine rings is 1. The highest BCUT2D eigenvalue weighted by Crippen LogP contribution is 2.33. The molecule has 1 amide bonds. The molecule has 0 N–H and O–H groups in total. The molecule has 0 spiro atoms. The largest absolute Gasteiger partial charge is 0.488 e. The van der Waals surface area contributed by atoms with Gasteiger partial charge in [-0.3, -0.25) is 4.79 Å². The van der Waals surface area contributed by atoms with Gasteiger partial charge < -0.3 is 9.64 Å². The molecular formula is C19H21N5O2. The number of nitrogens with zero attached hydrogens (tertiary/aromatic N) is 5. The molecule has 0 atom stereocenters. The van der Waals surface area contributed by atoms with Crippen molar-refractivity contribution < 1.29 is 9.53 Å². The predicted octanol–water partition coefficient (Wildman–Crippen LogP) is 1.73. The molecule has 2 fully saturated rings. The van der Waals surface area contributed by atoms with Gasteiger partial charge in [0.1, 0.15) is 23.7 Å². The van der Waals surface area contributed by atoms with Crippen LogP contribution in [0.4, 0.5) is 0 Å². The van der Waals surface area contributed by atoms with E-state index in [0.717, 1.165) is 18.4 Å². The van der Waals surface area contributed by atoms with Crippen LogP contribution in [0.15, 0.2) is 18.5 Å². The molecule has 0 bridgehead atoms. The van der Waals surface area contributed by atoms with E-state index in [4.69, 9.17) is 4.74 Å². The zero-order chi connectivity index (χ0) is 18.1. The number of rotatable bonds is 5. The molecule has 0 unspecified atom stereocenters. The van der Waals surface area contributed by atoms with Crippen molar-refractivity contribution in [2.45, 2.75) is 38.3 Å². The van der Waals surface area contributed by atoms with Crippen molar-refractivity contribution in [1.29, 1.82) is 0 Å². The Kier molecular flexibility index (Phi) is 4.33. The van der Waals surface area contributed by atoms with E-state index in [9.17, 15) is 4.79 Å². The minimum atomic E-state index is -0.0467. The third-order valence-electron chi connectivity index (χ3n) is 4.25. The van der Waals surface area contributed by atoms with Crippen LogP contribution in [0.5, 0.6) is 5.75 Å². The smallest absolute Gasteiger partial charge is 0.243 e. The highest BCUT2D eigenvalue weighted by atomic mass is 16.5. The fraction of sp³-hybridized carbons (Fsp3) is 0.474. The Morgan fingerprint density at radius 3 is 2.85 bits per heavy atom. The maximum Gasteiger partial charge on any atom is 0.243 e. The van der Waals surface area contributed by atoms with Crippen LogP contribution < -0.4 is 4.74 Å². The van der Waals surface area contributed by atoms with Gasteiger partial charge in [-0.1, -0.05) is 17.1 Å². The van der Waals surface area contributed by atoms with Gasteiger partial charge in [0.05, 0.1) is 12.3 Å². The summed E-state index contributed by atoms with van der Waals surface area (Å²) in [7, 11) is 3.43. The van der Waals surface area contributed by atoms with Crippen molar-refractivity contribution in [3.05, 3.63) is 24.0 Å². The van der Waals surface area contributed by atoms with E-state index in [1.807, 2.05) is 6.07 Å². The highest BCUT2D eigenvalue weighted by Gasteiger charge is 2.26. The zero-order valence-electron chi connectivity index (χ0n) is 15.0. The molecule has 7 nitrogen and oxygen atoms in total. The van der Waals surface area contributed by atoms with Crippen LogP contribution in [-0.2, 0) is 11.3 Å². The summed E-state index contributed by atoms with van der Waals surface area (Å²) in [6.07, 6.45) is 8.21. The number of carbonyl (C=O) groups excluding carboxylic acids is 1. The minimum absolute atomic E-state index is 0.0467. The van der Waals surface area contributed by atoms with Crippen LogP contribution in [0, 0.1) is 17.8 Å². The van der Waals surface area contributed by atoms with Crippen molar-refractivity contribution in [1.82, 2.24) is 24.9 Å². The second kappa shape index (κ2) is 6.79. The summed E-state index contributed by atoms with van der Waals surface area (Å²) < 4.78 is 7.53. The molecule has 7 heteroatoms. The monoisotopic (exact) mass is 351 g/mol. The molecule has 2 aliphatic carbocycles. The Hall–Kier alpha value is -2.88. The Morgan fingerprint density at radius 2 is 2.15 bits per heavy atom. The molecule has 26 heavy (non-hydrogen) atoms. The van der Waals surface area contributed by atoms with E-state index in [0.29, 0.717) is 23.1 Å². The quantitative estimate of drug-likeness (QED) is 0.767.